The molecule has 25 heavy (non-hydrogen) atoms. The van der Waals surface area contributed by atoms with Crippen molar-refractivity contribution < 1.29 is 13.2 Å². The molecule has 1 N–H and O–H groups in total. The molecule has 7 nitrogen and oxygen atoms in total. The number of nitrogens with zero attached hydrogens (tertiary/aromatic N) is 3. The van der Waals surface area contributed by atoms with Crippen LogP contribution in [0, 0.1) is 0 Å². The number of sulfonamides is 1. The maximum absolute atomic E-state index is 12.6. The average molecular weight is 427 g/mol. The number of halogens is 1. The Kier molecular flexibility index (Phi) is 5.55. The zero-order valence-electron chi connectivity index (χ0n) is 13.6. The van der Waals surface area contributed by atoms with Crippen molar-refractivity contribution in [2.24, 2.45) is 0 Å². The van der Waals surface area contributed by atoms with Gasteiger partial charge in [-0.25, -0.2) is 13.4 Å². The molecule has 0 saturated carbocycles. The first-order valence-corrected chi connectivity index (χ1v) is 10.3. The molecule has 3 rings (SSSR count). The van der Waals surface area contributed by atoms with E-state index in [2.05, 4.69) is 26.2 Å². The Bertz CT molecular complexity index is 860. The lowest BCUT2D eigenvalue weighted by Gasteiger charge is -2.24. The van der Waals surface area contributed by atoms with E-state index in [1.54, 1.807) is 12.1 Å². The highest BCUT2D eigenvalue weighted by atomic mass is 79.9. The van der Waals surface area contributed by atoms with Gasteiger partial charge in [-0.3, -0.25) is 4.79 Å². The molecule has 1 amide bonds. The van der Waals surface area contributed by atoms with Gasteiger partial charge < -0.3 is 9.88 Å². The molecular weight excluding hydrogens is 408 g/mol. The monoisotopic (exact) mass is 426 g/mol. The van der Waals surface area contributed by atoms with Crippen molar-refractivity contribution in [3.05, 3.63) is 41.3 Å². The third-order valence-electron chi connectivity index (χ3n) is 3.96. The number of hydrogen-bond acceptors (Lipinski definition) is 4. The minimum Gasteiger partial charge on any atom is -0.327 e. The summed E-state index contributed by atoms with van der Waals surface area (Å²) in [5, 5.41) is 2.76. The molecule has 0 radical (unpaired) electrons. The molecule has 1 aromatic heterocycles. The number of anilines is 1. The van der Waals surface area contributed by atoms with Crippen molar-refractivity contribution in [2.75, 3.05) is 18.4 Å². The van der Waals surface area contributed by atoms with Gasteiger partial charge in [0.05, 0.1) is 6.33 Å². The highest BCUT2D eigenvalue weighted by Crippen LogP contribution is 2.19. The van der Waals surface area contributed by atoms with Gasteiger partial charge in [-0.15, -0.1) is 0 Å². The minimum atomic E-state index is -3.58. The van der Waals surface area contributed by atoms with Crippen molar-refractivity contribution in [2.45, 2.75) is 30.8 Å². The van der Waals surface area contributed by atoms with Gasteiger partial charge in [0, 0.05) is 29.4 Å². The largest absolute Gasteiger partial charge is 0.327 e. The number of hydrogen-bond donors (Lipinski definition) is 1. The van der Waals surface area contributed by atoms with E-state index >= 15 is 0 Å². The first-order chi connectivity index (χ1) is 11.9. The number of carbonyl (C=O) groups is 1. The summed E-state index contributed by atoms with van der Waals surface area (Å²) in [5.74, 6) is -0.252. The molecule has 2 aromatic rings. The molecule has 0 bridgehead atoms. The minimum absolute atomic E-state index is 0.00493. The van der Waals surface area contributed by atoms with Crippen LogP contribution < -0.4 is 5.32 Å². The van der Waals surface area contributed by atoms with Crippen LogP contribution in [0.5, 0.6) is 0 Å². The van der Waals surface area contributed by atoms with Crippen LogP contribution in [0.3, 0.4) is 0 Å². The molecule has 0 aliphatic carbocycles. The predicted octanol–water partition coefficient (Wildman–Crippen LogP) is 2.46. The maximum Gasteiger partial charge on any atom is 0.262 e. The Hall–Kier alpha value is -1.71. The van der Waals surface area contributed by atoms with Gasteiger partial charge in [-0.05, 0) is 31.0 Å². The van der Waals surface area contributed by atoms with Crippen molar-refractivity contribution in [1.82, 2.24) is 13.9 Å². The molecule has 134 valence electrons. The normalized spacial score (nSPS) is 15.9. The first kappa shape index (κ1) is 18.1. The van der Waals surface area contributed by atoms with Gasteiger partial charge >= 0.3 is 0 Å². The number of aromatic nitrogens is 2. The summed E-state index contributed by atoms with van der Waals surface area (Å²) in [6, 6.07) is 7.25. The summed E-state index contributed by atoms with van der Waals surface area (Å²) in [4.78, 5) is 16.1. The van der Waals surface area contributed by atoms with E-state index in [0.29, 0.717) is 18.8 Å². The molecule has 1 aliphatic rings. The smallest absolute Gasteiger partial charge is 0.262 e. The van der Waals surface area contributed by atoms with Crippen molar-refractivity contribution in [3.8, 4) is 0 Å². The molecule has 0 atom stereocenters. The molecule has 1 saturated heterocycles. The van der Waals surface area contributed by atoms with Gasteiger partial charge in [-0.1, -0.05) is 28.4 Å². The van der Waals surface area contributed by atoms with Crippen molar-refractivity contribution in [3.63, 3.8) is 0 Å². The number of nitrogens with one attached hydrogen (secondary N) is 1. The van der Waals surface area contributed by atoms with Crippen molar-refractivity contribution >= 4 is 37.5 Å². The number of carbonyl (C=O) groups excluding carboxylic acids is 1. The summed E-state index contributed by atoms with van der Waals surface area (Å²) < 4.78 is 28.9. The Morgan fingerprint density at radius 2 is 2.00 bits per heavy atom. The molecule has 9 heteroatoms. The van der Waals surface area contributed by atoms with Crippen LogP contribution in [-0.2, 0) is 21.4 Å². The number of benzene rings is 1. The molecule has 1 fully saturated rings. The summed E-state index contributed by atoms with van der Waals surface area (Å²) in [6.07, 6.45) is 5.57. The molecule has 0 spiro atoms. The van der Waals surface area contributed by atoms with E-state index in [0.717, 1.165) is 23.7 Å². The Balaban J connectivity index is 1.66. The lowest BCUT2D eigenvalue weighted by molar-refractivity contribution is -0.116. The second-order valence-corrected chi connectivity index (χ2v) is 8.71. The van der Waals surface area contributed by atoms with Gasteiger partial charge in [0.2, 0.25) is 5.91 Å². The lowest BCUT2D eigenvalue weighted by atomic mass is 10.2. The fourth-order valence-electron chi connectivity index (χ4n) is 2.73. The number of amides is 1. The van der Waals surface area contributed by atoms with Gasteiger partial charge in [0.1, 0.15) is 6.54 Å². The van der Waals surface area contributed by atoms with Crippen LogP contribution in [0.4, 0.5) is 5.69 Å². The topological polar surface area (TPSA) is 84.3 Å². The lowest BCUT2D eigenvalue weighted by Crippen LogP contribution is -2.35. The highest BCUT2D eigenvalue weighted by Gasteiger charge is 2.28. The standard InChI is InChI=1S/C16H19BrN4O3S/c17-13-5-4-6-14(9-13)19-15(22)10-20-11-16(18-12-20)25(23,24)21-7-2-1-3-8-21/h4-6,9,11-12H,1-3,7-8,10H2,(H,19,22). The van der Waals surface area contributed by atoms with E-state index in [9.17, 15) is 13.2 Å². The number of rotatable bonds is 5. The van der Waals surface area contributed by atoms with Gasteiger partial charge in [0.25, 0.3) is 10.0 Å². The summed E-state index contributed by atoms with van der Waals surface area (Å²) in [6.45, 7) is 1.05. The zero-order valence-corrected chi connectivity index (χ0v) is 16.0. The molecule has 1 aromatic carbocycles. The predicted molar refractivity (Wildman–Crippen MR) is 97.6 cm³/mol. The van der Waals surface area contributed by atoms with E-state index in [1.165, 1.54) is 21.4 Å². The fourth-order valence-corrected chi connectivity index (χ4v) is 4.58. The van der Waals surface area contributed by atoms with E-state index < -0.39 is 10.0 Å². The summed E-state index contributed by atoms with van der Waals surface area (Å²) in [7, 11) is -3.58. The summed E-state index contributed by atoms with van der Waals surface area (Å²) >= 11 is 3.34. The SMILES string of the molecule is O=C(Cn1cnc(S(=O)(=O)N2CCCCC2)c1)Nc1cccc(Br)c1. The van der Waals surface area contributed by atoms with Gasteiger partial charge in [-0.2, -0.15) is 4.31 Å². The van der Waals surface area contributed by atoms with Crippen LogP contribution >= 0.6 is 15.9 Å². The second kappa shape index (κ2) is 7.67. The van der Waals surface area contributed by atoms with E-state index in [-0.39, 0.29) is 17.5 Å². The molecule has 2 heterocycles. The maximum atomic E-state index is 12.6. The zero-order chi connectivity index (χ0) is 17.9. The Labute approximate surface area is 155 Å². The van der Waals surface area contributed by atoms with Crippen LogP contribution in [0.25, 0.3) is 0 Å². The van der Waals surface area contributed by atoms with Crippen LogP contribution in [0.1, 0.15) is 19.3 Å². The Morgan fingerprint density at radius 1 is 1.24 bits per heavy atom. The molecular formula is C16H19BrN4O3S. The number of imidazole rings is 1. The first-order valence-electron chi connectivity index (χ1n) is 8.02. The third-order valence-corrected chi connectivity index (χ3v) is 6.24. The number of piperidine rings is 1. The fraction of sp³-hybridized carbons (Fsp3) is 0.375. The highest BCUT2D eigenvalue weighted by molar-refractivity contribution is 9.10. The third kappa shape index (κ3) is 4.47. The van der Waals surface area contributed by atoms with Crippen molar-refractivity contribution in [1.29, 1.82) is 0 Å². The summed E-state index contributed by atoms with van der Waals surface area (Å²) in [5.41, 5.74) is 0.667. The van der Waals surface area contributed by atoms with E-state index in [1.807, 2.05) is 12.1 Å². The van der Waals surface area contributed by atoms with Crippen LogP contribution in [-0.4, -0.2) is 41.3 Å². The quantitative estimate of drug-likeness (QED) is 0.795. The van der Waals surface area contributed by atoms with Gasteiger partial charge in [0.15, 0.2) is 5.03 Å². The van der Waals surface area contributed by atoms with Crippen LogP contribution in [0.15, 0.2) is 46.3 Å². The van der Waals surface area contributed by atoms with E-state index in [4.69, 9.17) is 0 Å². The average Bonchev–Trinajstić information content (AvgIpc) is 3.05. The molecule has 0 unspecified atom stereocenters. The second-order valence-electron chi connectivity index (χ2n) is 5.91. The van der Waals surface area contributed by atoms with Crippen LogP contribution in [0.2, 0.25) is 0 Å². The molecule has 1 aliphatic heterocycles. The Morgan fingerprint density at radius 3 is 2.72 bits per heavy atom.